The normalized spacial score (nSPS) is 18.0. The number of nitriles is 1. The van der Waals surface area contributed by atoms with Crippen LogP contribution in [0.5, 0.6) is 11.5 Å². The first-order valence-electron chi connectivity index (χ1n) is 26.4. The molecule has 15 heteroatoms. The number of likely N-dealkylation sites (tertiary alicyclic amines) is 1. The van der Waals surface area contributed by atoms with Crippen molar-refractivity contribution >= 4 is 29.1 Å². The number of aromatic hydroxyl groups is 1. The van der Waals surface area contributed by atoms with Gasteiger partial charge in [0, 0.05) is 106 Å². The summed E-state index contributed by atoms with van der Waals surface area (Å²) in [4.78, 5) is 55.3. The van der Waals surface area contributed by atoms with Crippen LogP contribution in [-0.4, -0.2) is 123 Å². The van der Waals surface area contributed by atoms with E-state index in [9.17, 15) is 15.2 Å². The van der Waals surface area contributed by atoms with Crippen LogP contribution in [0.2, 0.25) is 0 Å². The molecule has 4 aromatic carbocycles. The van der Waals surface area contributed by atoms with Gasteiger partial charge in [0.15, 0.2) is 0 Å². The van der Waals surface area contributed by atoms with Crippen LogP contribution in [0.15, 0.2) is 91.0 Å². The molecule has 6 heterocycles. The molecule has 4 aliphatic heterocycles. The Kier molecular flexibility index (Phi) is 15.0. The maximum Gasteiger partial charge on any atom is 0.264 e. The Balaban J connectivity index is 0.984. The molecule has 10 rings (SSSR count). The van der Waals surface area contributed by atoms with Crippen LogP contribution >= 0.6 is 0 Å². The second-order valence-electron chi connectivity index (χ2n) is 20.8. The van der Waals surface area contributed by atoms with Gasteiger partial charge in [-0.05, 0) is 142 Å². The summed E-state index contributed by atoms with van der Waals surface area (Å²) in [6, 6.07) is 29.2. The SMILES string of the molecule is Cc1c(N(C(=O)c2cc(-c3cc4c(cc3C(=O)N3Cc5ccccc5CC3CN3CCCCC3)CN(C(=O)Cc3ccc(OCCN5CCOC(C)C5)cc3F)CC4)n(C)c2C)c2ccc(O)cc2)cc(C#N)n1C. The number of carbonyl (C=O) groups excluding carboxylic acids is 3. The van der Waals surface area contributed by atoms with Crippen molar-refractivity contribution in [2.45, 2.75) is 84.5 Å². The van der Waals surface area contributed by atoms with Crippen LogP contribution in [0.4, 0.5) is 15.8 Å². The molecule has 6 aromatic rings. The van der Waals surface area contributed by atoms with Gasteiger partial charge in [0.1, 0.15) is 35.7 Å². The molecule has 1 N–H and O–H groups in total. The molecule has 4 aliphatic rings. The van der Waals surface area contributed by atoms with Gasteiger partial charge in [-0.2, -0.15) is 5.26 Å². The summed E-state index contributed by atoms with van der Waals surface area (Å²) in [5.41, 5.74) is 9.52. The predicted molar refractivity (Wildman–Crippen MR) is 286 cm³/mol. The lowest BCUT2D eigenvalue weighted by molar-refractivity contribution is -0.131. The smallest absolute Gasteiger partial charge is 0.264 e. The van der Waals surface area contributed by atoms with Gasteiger partial charge >= 0.3 is 0 Å². The van der Waals surface area contributed by atoms with E-state index in [2.05, 4.69) is 40.1 Å². The van der Waals surface area contributed by atoms with E-state index in [0.29, 0.717) is 95.9 Å². The molecule has 390 valence electrons. The standard InChI is InChI=1S/C60H67FN8O6/c1-39-35-66(23-25-74-39)24-26-75-51-18-13-44(55(61)32-51)30-58(71)67-22-19-43-28-53(54(29-46(43)36-67)59(72)68-37-45-12-8-7-11-42(45)27-49(68)38-65-20-9-6-10-21-65)57-33-52(40(2)64(57)5)60(73)69(47-14-16-50(70)17-15-47)56-31-48(34-62)63(4)41(56)3/h7-8,11-18,28-29,31-33,39,49,70H,6,9-10,19-27,30,35-38H2,1-5H3. The molecule has 0 aliphatic carbocycles. The number of anilines is 2. The number of fused-ring (bicyclic) bond motifs is 2. The van der Waals surface area contributed by atoms with E-state index in [0.717, 1.165) is 68.7 Å². The second kappa shape index (κ2) is 21.9. The Labute approximate surface area is 439 Å². The van der Waals surface area contributed by atoms with Crippen molar-refractivity contribution in [3.8, 4) is 28.8 Å². The minimum atomic E-state index is -0.495. The molecule has 0 radical (unpaired) electrons. The first-order chi connectivity index (χ1) is 36.2. The summed E-state index contributed by atoms with van der Waals surface area (Å²) in [5, 5.41) is 20.3. The van der Waals surface area contributed by atoms with E-state index in [1.54, 1.807) is 51.7 Å². The second-order valence-corrected chi connectivity index (χ2v) is 20.8. The highest BCUT2D eigenvalue weighted by molar-refractivity contribution is 6.13. The Morgan fingerprint density at radius 2 is 1.60 bits per heavy atom. The lowest BCUT2D eigenvalue weighted by atomic mass is 9.89. The van der Waals surface area contributed by atoms with E-state index >= 15 is 14.0 Å². The highest BCUT2D eigenvalue weighted by Gasteiger charge is 2.36. The maximum absolute atomic E-state index is 15.8. The highest BCUT2D eigenvalue weighted by atomic mass is 19.1. The van der Waals surface area contributed by atoms with Crippen molar-refractivity contribution < 1.29 is 33.4 Å². The van der Waals surface area contributed by atoms with E-state index < -0.39 is 5.82 Å². The number of aromatic nitrogens is 2. The third-order valence-corrected chi connectivity index (χ3v) is 16.1. The molecular formula is C60H67FN8O6. The van der Waals surface area contributed by atoms with Gasteiger partial charge in [-0.3, -0.25) is 24.2 Å². The number of phenols is 1. The Morgan fingerprint density at radius 1 is 0.827 bits per heavy atom. The average Bonchev–Trinajstić information content (AvgIpc) is 3.89. The molecule has 0 bridgehead atoms. The molecule has 0 saturated carbocycles. The van der Waals surface area contributed by atoms with Crippen molar-refractivity contribution in [2.75, 3.05) is 63.9 Å². The number of piperidine rings is 1. The molecule has 2 saturated heterocycles. The zero-order valence-electron chi connectivity index (χ0n) is 43.8. The Bertz CT molecular complexity index is 3170. The molecule has 75 heavy (non-hydrogen) atoms. The number of halogens is 1. The Hall–Kier alpha value is -7.25. The minimum Gasteiger partial charge on any atom is -0.508 e. The summed E-state index contributed by atoms with van der Waals surface area (Å²) in [7, 11) is 3.69. The highest BCUT2D eigenvalue weighted by Crippen LogP contribution is 2.39. The number of phenolic OH excluding ortho intramolecular Hbond substituents is 1. The molecule has 0 spiro atoms. The molecule has 2 unspecified atom stereocenters. The van der Waals surface area contributed by atoms with Gasteiger partial charge in [0.25, 0.3) is 11.8 Å². The number of benzene rings is 4. The number of rotatable bonds is 13. The van der Waals surface area contributed by atoms with Gasteiger partial charge in [-0.1, -0.05) is 36.8 Å². The lowest BCUT2D eigenvalue weighted by Crippen LogP contribution is -2.51. The summed E-state index contributed by atoms with van der Waals surface area (Å²) < 4.78 is 30.9. The van der Waals surface area contributed by atoms with Crippen LogP contribution in [0.1, 0.15) is 91.8 Å². The number of hydrogen-bond acceptors (Lipinski definition) is 9. The first kappa shape index (κ1) is 51.2. The fourth-order valence-corrected chi connectivity index (χ4v) is 11.5. The van der Waals surface area contributed by atoms with E-state index in [1.807, 2.05) is 55.5 Å². The number of hydrogen-bond donors (Lipinski definition) is 1. The van der Waals surface area contributed by atoms with Crippen molar-refractivity contribution in [3.05, 3.63) is 153 Å². The van der Waals surface area contributed by atoms with Gasteiger partial charge in [-0.15, -0.1) is 0 Å². The third kappa shape index (κ3) is 10.7. The van der Waals surface area contributed by atoms with Crippen LogP contribution in [0.3, 0.4) is 0 Å². The van der Waals surface area contributed by atoms with Crippen molar-refractivity contribution in [2.24, 2.45) is 14.1 Å². The van der Waals surface area contributed by atoms with Crippen LogP contribution in [0.25, 0.3) is 11.3 Å². The van der Waals surface area contributed by atoms with Crippen molar-refractivity contribution in [1.82, 2.24) is 28.7 Å². The zero-order valence-corrected chi connectivity index (χ0v) is 43.8. The van der Waals surface area contributed by atoms with E-state index in [4.69, 9.17) is 9.47 Å². The van der Waals surface area contributed by atoms with E-state index in [-0.39, 0.29) is 54.1 Å². The number of carbonyl (C=O) groups is 3. The van der Waals surface area contributed by atoms with Crippen molar-refractivity contribution in [1.29, 1.82) is 5.26 Å². The molecule has 2 atom stereocenters. The quantitative estimate of drug-likeness (QED) is 0.121. The molecule has 3 amide bonds. The average molecular weight is 1020 g/mol. The largest absolute Gasteiger partial charge is 0.508 e. The van der Waals surface area contributed by atoms with Crippen LogP contribution in [0, 0.1) is 31.0 Å². The van der Waals surface area contributed by atoms with E-state index in [1.165, 1.54) is 30.2 Å². The predicted octanol–water partition coefficient (Wildman–Crippen LogP) is 8.62. The van der Waals surface area contributed by atoms with Gasteiger partial charge in [0.2, 0.25) is 5.91 Å². The zero-order chi connectivity index (χ0) is 52.5. The van der Waals surface area contributed by atoms with Gasteiger partial charge in [-0.25, -0.2) is 4.39 Å². The molecule has 14 nitrogen and oxygen atoms in total. The third-order valence-electron chi connectivity index (χ3n) is 16.1. The lowest BCUT2D eigenvalue weighted by Gasteiger charge is -2.41. The maximum atomic E-state index is 15.8. The van der Waals surface area contributed by atoms with Crippen LogP contribution < -0.4 is 9.64 Å². The molecule has 2 aromatic heterocycles. The van der Waals surface area contributed by atoms with Gasteiger partial charge in [0.05, 0.1) is 30.4 Å². The van der Waals surface area contributed by atoms with Crippen LogP contribution in [-0.2, 0) is 56.0 Å². The summed E-state index contributed by atoms with van der Waals surface area (Å²) in [6.07, 6.45) is 4.73. The number of nitrogens with zero attached hydrogens (tertiary/aromatic N) is 8. The Morgan fingerprint density at radius 3 is 2.33 bits per heavy atom. The minimum absolute atomic E-state index is 0.0504. The fourth-order valence-electron chi connectivity index (χ4n) is 11.5. The fraction of sp³-hybridized carbons (Fsp3) is 0.400. The summed E-state index contributed by atoms with van der Waals surface area (Å²) in [6.45, 7) is 13.1. The monoisotopic (exact) mass is 1010 g/mol. The number of morpholine rings is 1. The number of ether oxygens (including phenoxy) is 2. The number of amides is 3. The van der Waals surface area contributed by atoms with Gasteiger partial charge < -0.3 is 38.4 Å². The molecule has 2 fully saturated rings. The van der Waals surface area contributed by atoms with Crippen molar-refractivity contribution in [3.63, 3.8) is 0 Å². The first-order valence-corrected chi connectivity index (χ1v) is 26.4. The summed E-state index contributed by atoms with van der Waals surface area (Å²) in [5.74, 6) is -0.709. The topological polar surface area (TPSA) is 140 Å². The summed E-state index contributed by atoms with van der Waals surface area (Å²) >= 11 is 0. The molecular weight excluding hydrogens is 948 g/mol.